The third-order valence-corrected chi connectivity index (χ3v) is 8.51. The van der Waals surface area contributed by atoms with Gasteiger partial charge in [-0.15, -0.1) is 0 Å². The van der Waals surface area contributed by atoms with Gasteiger partial charge in [-0.25, -0.2) is 4.79 Å². The van der Waals surface area contributed by atoms with Crippen LogP contribution < -0.4 is 16.0 Å². The summed E-state index contributed by atoms with van der Waals surface area (Å²) in [5.41, 5.74) is 0. The molecule has 0 spiro atoms. The second kappa shape index (κ2) is 15.6. The Kier molecular flexibility index (Phi) is 12.5. The molecule has 13 heteroatoms. The van der Waals surface area contributed by atoms with Crippen molar-refractivity contribution >= 4 is 53.9 Å². The lowest BCUT2D eigenvalue weighted by Crippen LogP contribution is -2.36. The first-order valence-electron chi connectivity index (χ1n) is 13.0. The Hall–Kier alpha value is -1.83. The highest BCUT2D eigenvalue weighted by atomic mass is 32.2. The molecule has 4 atom stereocenters. The summed E-state index contributed by atoms with van der Waals surface area (Å²) in [5, 5.41) is 8.61. The first kappa shape index (κ1) is 29.7. The number of thioether (sulfide) groups is 1. The minimum absolute atomic E-state index is 0.00974. The molecule has 3 saturated heterocycles. The second-order valence-electron chi connectivity index (χ2n) is 9.44. The third-order valence-electron chi connectivity index (χ3n) is 6.60. The van der Waals surface area contributed by atoms with Crippen molar-refractivity contribution in [3.8, 4) is 0 Å². The Bertz CT molecular complexity index is 831. The molecule has 3 N–H and O–H groups in total. The van der Waals surface area contributed by atoms with E-state index >= 15 is 0 Å². The molecular formula is C24H38N4O7S2. The van der Waals surface area contributed by atoms with Crippen LogP contribution in [0.3, 0.4) is 0 Å². The zero-order chi connectivity index (χ0) is 26.6. The molecule has 3 aliphatic rings. The number of thiol groups is 1. The molecule has 3 fully saturated rings. The van der Waals surface area contributed by atoms with E-state index in [-0.39, 0.29) is 61.0 Å². The second-order valence-corrected chi connectivity index (χ2v) is 11.3. The van der Waals surface area contributed by atoms with E-state index in [4.69, 9.17) is 9.47 Å². The minimum atomic E-state index is -0.586. The standard InChI is InChI=1S/C24H38N4O7S2/c29-16(7-9-28-21(31)14-18(36)23(28)32)4-3-10-34-12-13-35-11-8-25-20(30)6-2-1-5-19-22-17(15-37-19)26-24(33)27-22/h17-19,22,36H,1-15H2,(H,25,30)(H2,26,27,33)/t17-,18?,19-,22-/m0/s1. The van der Waals surface area contributed by atoms with Crippen molar-refractivity contribution in [2.45, 2.75) is 74.0 Å². The van der Waals surface area contributed by atoms with Gasteiger partial charge in [0.2, 0.25) is 17.7 Å². The monoisotopic (exact) mass is 558 g/mol. The van der Waals surface area contributed by atoms with E-state index < -0.39 is 5.25 Å². The Morgan fingerprint density at radius 3 is 2.54 bits per heavy atom. The van der Waals surface area contributed by atoms with E-state index in [9.17, 15) is 24.0 Å². The number of rotatable bonds is 18. The summed E-state index contributed by atoms with van der Waals surface area (Å²) in [6.07, 6.45) is 4.42. The number of fused-ring (bicyclic) bond motifs is 1. The number of amides is 5. The van der Waals surface area contributed by atoms with Crippen LogP contribution in [0.15, 0.2) is 0 Å². The molecule has 0 aromatic carbocycles. The number of imide groups is 1. The highest BCUT2D eigenvalue weighted by Crippen LogP contribution is 2.33. The topological polar surface area (TPSA) is 143 Å². The number of hydrogen-bond acceptors (Lipinski definition) is 9. The molecule has 37 heavy (non-hydrogen) atoms. The summed E-state index contributed by atoms with van der Waals surface area (Å²) in [7, 11) is 0. The minimum Gasteiger partial charge on any atom is -0.379 e. The normalized spacial score (nSPS) is 24.8. The number of ketones is 1. The molecule has 0 radical (unpaired) electrons. The fourth-order valence-corrected chi connectivity index (χ4v) is 6.42. The largest absolute Gasteiger partial charge is 0.379 e. The van der Waals surface area contributed by atoms with Crippen LogP contribution in [0.1, 0.15) is 51.4 Å². The maximum absolute atomic E-state index is 12.0. The molecule has 1 unspecified atom stereocenters. The maximum Gasteiger partial charge on any atom is 0.315 e. The van der Waals surface area contributed by atoms with Crippen LogP contribution in [0.2, 0.25) is 0 Å². The van der Waals surface area contributed by atoms with Gasteiger partial charge < -0.3 is 25.4 Å². The molecule has 3 rings (SSSR count). The van der Waals surface area contributed by atoms with E-state index in [1.54, 1.807) is 0 Å². The molecule has 208 valence electrons. The van der Waals surface area contributed by atoms with Crippen LogP contribution in [0.4, 0.5) is 4.79 Å². The predicted molar refractivity (Wildman–Crippen MR) is 142 cm³/mol. The molecule has 0 aromatic heterocycles. The number of urea groups is 1. The van der Waals surface area contributed by atoms with Crippen molar-refractivity contribution in [2.24, 2.45) is 0 Å². The van der Waals surface area contributed by atoms with Crippen molar-refractivity contribution < 1.29 is 33.4 Å². The van der Waals surface area contributed by atoms with Gasteiger partial charge >= 0.3 is 6.03 Å². The summed E-state index contributed by atoms with van der Waals surface area (Å²) in [5.74, 6) is 0.360. The van der Waals surface area contributed by atoms with Crippen LogP contribution >= 0.6 is 24.4 Å². The molecule has 0 saturated carbocycles. The Morgan fingerprint density at radius 2 is 1.78 bits per heavy atom. The smallest absolute Gasteiger partial charge is 0.315 e. The predicted octanol–water partition coefficient (Wildman–Crippen LogP) is 0.658. The quantitative estimate of drug-likeness (QED) is 0.0832. The van der Waals surface area contributed by atoms with Gasteiger partial charge in [0.15, 0.2) is 0 Å². The average molecular weight is 559 g/mol. The van der Waals surface area contributed by atoms with Gasteiger partial charge in [-0.3, -0.25) is 24.1 Å². The number of nitrogens with zero attached hydrogens (tertiary/aromatic N) is 1. The van der Waals surface area contributed by atoms with Gasteiger partial charge in [0.1, 0.15) is 5.78 Å². The van der Waals surface area contributed by atoms with E-state index in [0.717, 1.165) is 29.9 Å². The van der Waals surface area contributed by atoms with Gasteiger partial charge in [0.25, 0.3) is 0 Å². The maximum atomic E-state index is 12.0. The van der Waals surface area contributed by atoms with E-state index in [0.29, 0.717) is 57.5 Å². The van der Waals surface area contributed by atoms with Gasteiger partial charge in [-0.2, -0.15) is 24.4 Å². The zero-order valence-electron chi connectivity index (χ0n) is 21.1. The number of Topliss-reactive ketones (excluding diaryl/α,β-unsaturated/α-hetero) is 1. The number of hydrogen-bond donors (Lipinski definition) is 4. The molecule has 5 amide bonds. The number of likely N-dealkylation sites (tertiary alicyclic amines) is 1. The molecule has 0 bridgehead atoms. The Labute approximate surface area is 227 Å². The van der Waals surface area contributed by atoms with Crippen LogP contribution in [0, 0.1) is 0 Å². The van der Waals surface area contributed by atoms with Crippen molar-refractivity contribution in [3.05, 3.63) is 0 Å². The summed E-state index contributed by atoms with van der Waals surface area (Å²) in [6.45, 7) is 2.21. The first-order chi connectivity index (χ1) is 17.8. The van der Waals surface area contributed by atoms with Crippen molar-refractivity contribution in [3.63, 3.8) is 0 Å². The fourth-order valence-electron chi connectivity index (χ4n) is 4.58. The molecule has 0 aromatic rings. The van der Waals surface area contributed by atoms with Crippen molar-refractivity contribution in [1.82, 2.24) is 20.9 Å². The third kappa shape index (κ3) is 9.77. The molecule has 3 aliphatic heterocycles. The van der Waals surface area contributed by atoms with Crippen molar-refractivity contribution in [2.75, 3.05) is 45.3 Å². The van der Waals surface area contributed by atoms with Crippen LogP contribution in [-0.2, 0) is 28.7 Å². The molecule has 0 aliphatic carbocycles. The van der Waals surface area contributed by atoms with Crippen LogP contribution in [-0.4, -0.2) is 102 Å². The van der Waals surface area contributed by atoms with E-state index in [1.165, 1.54) is 0 Å². The lowest BCUT2D eigenvalue weighted by molar-refractivity contribution is -0.138. The van der Waals surface area contributed by atoms with Gasteiger partial charge in [0, 0.05) is 56.4 Å². The van der Waals surface area contributed by atoms with Crippen molar-refractivity contribution in [1.29, 1.82) is 0 Å². The molecule has 11 nitrogen and oxygen atoms in total. The van der Waals surface area contributed by atoms with E-state index in [2.05, 4.69) is 28.6 Å². The summed E-state index contributed by atoms with van der Waals surface area (Å²) < 4.78 is 10.9. The SMILES string of the molecule is O=C(CCCOCCOCCNC(=O)CCCC[C@@H]1SC[C@@H]2NC(=O)N[C@@H]21)CCN1C(=O)CC(S)C1=O. The van der Waals surface area contributed by atoms with Gasteiger partial charge in [-0.1, -0.05) is 6.42 Å². The Morgan fingerprint density at radius 1 is 1.00 bits per heavy atom. The highest BCUT2D eigenvalue weighted by Gasteiger charge is 2.42. The fraction of sp³-hybridized carbons (Fsp3) is 0.792. The average Bonchev–Trinajstić information content (AvgIpc) is 3.49. The highest BCUT2D eigenvalue weighted by molar-refractivity contribution is 8.00. The summed E-state index contributed by atoms with van der Waals surface area (Å²) in [4.78, 5) is 59.9. The number of carbonyl (C=O) groups is 5. The first-order valence-corrected chi connectivity index (χ1v) is 14.6. The number of ether oxygens (including phenoxy) is 2. The van der Waals surface area contributed by atoms with Crippen LogP contribution in [0.25, 0.3) is 0 Å². The van der Waals surface area contributed by atoms with Crippen LogP contribution in [0.5, 0.6) is 0 Å². The summed E-state index contributed by atoms with van der Waals surface area (Å²) in [6, 6.07) is 0.375. The number of nitrogens with one attached hydrogen (secondary N) is 3. The van der Waals surface area contributed by atoms with Gasteiger partial charge in [0.05, 0.1) is 37.2 Å². The number of unbranched alkanes of at least 4 members (excludes halogenated alkanes) is 1. The Balaban J connectivity index is 1.06. The van der Waals surface area contributed by atoms with E-state index in [1.807, 2.05) is 11.8 Å². The summed E-state index contributed by atoms with van der Waals surface area (Å²) >= 11 is 5.95. The molecular weight excluding hydrogens is 520 g/mol. The van der Waals surface area contributed by atoms with Gasteiger partial charge in [-0.05, 0) is 19.3 Å². The lowest BCUT2D eigenvalue weighted by atomic mass is 10.0. The lowest BCUT2D eigenvalue weighted by Gasteiger charge is -2.16. The molecule has 3 heterocycles. The zero-order valence-corrected chi connectivity index (χ0v) is 22.8. The number of carbonyl (C=O) groups excluding carboxylic acids is 5.